The van der Waals surface area contributed by atoms with Crippen molar-refractivity contribution in [2.45, 2.75) is 96.8 Å². The van der Waals surface area contributed by atoms with E-state index in [-0.39, 0.29) is 28.5 Å². The molecule has 15 rings (SSSR count). The molecule has 5 heteroatoms. The maximum atomic E-state index is 2.76. The summed E-state index contributed by atoms with van der Waals surface area (Å²) in [6.07, 6.45) is 2.42. The standard InChI is InChI=1S/C63H53BN2S2/c1-60(2,3)34-18-20-35(21-19-34)66-52-31-47-40(41-28-48-49(30-46(41)63(47,8)9)62(6,7)25-24-61(48,4)5)26-42(52)38-22-23-39-43-27-44-36-14-10-12-16-54(36)68-57(44)33-51(43)65-53-29-45-37-15-11-13-17-55(37)67-56(45)32-50(53)64(66)58(38)59(39)65/h10-23,26-33H,24-25H2,1-9H3. The van der Waals surface area contributed by atoms with Crippen LogP contribution in [0, 0.1) is 0 Å². The number of hydrogen-bond acceptors (Lipinski definition) is 3. The number of hydrogen-bond donors (Lipinski definition) is 0. The van der Waals surface area contributed by atoms with Crippen molar-refractivity contribution in [3.8, 4) is 27.9 Å². The van der Waals surface area contributed by atoms with Crippen LogP contribution in [-0.4, -0.2) is 11.4 Å². The summed E-state index contributed by atoms with van der Waals surface area (Å²) < 4.78 is 8.05. The first kappa shape index (κ1) is 39.8. The summed E-state index contributed by atoms with van der Waals surface area (Å²) in [5.74, 6) is 0. The number of fused-ring (bicyclic) bond motifs is 18. The van der Waals surface area contributed by atoms with E-state index in [0.717, 1.165) is 0 Å². The van der Waals surface area contributed by atoms with Crippen molar-refractivity contribution in [3.05, 3.63) is 161 Å². The summed E-state index contributed by atoms with van der Waals surface area (Å²) in [4.78, 5) is 2.76. The first-order chi connectivity index (χ1) is 32.6. The second-order valence-corrected chi connectivity index (χ2v) is 25.7. The van der Waals surface area contributed by atoms with Crippen LogP contribution in [0.1, 0.15) is 103 Å². The minimum atomic E-state index is -0.171. The van der Waals surface area contributed by atoms with Crippen LogP contribution in [0.2, 0.25) is 0 Å². The molecule has 0 amide bonds. The molecule has 68 heavy (non-hydrogen) atoms. The molecule has 0 saturated heterocycles. The van der Waals surface area contributed by atoms with Crippen LogP contribution in [0.5, 0.6) is 0 Å². The Morgan fingerprint density at radius 2 is 1.10 bits per heavy atom. The maximum Gasteiger partial charge on any atom is 0.333 e. The predicted octanol–water partition coefficient (Wildman–Crippen LogP) is 16.7. The van der Waals surface area contributed by atoms with E-state index in [2.05, 4.69) is 205 Å². The van der Waals surface area contributed by atoms with Gasteiger partial charge in [-0.1, -0.05) is 129 Å². The third-order valence-corrected chi connectivity index (χ3v) is 19.7. The molecule has 2 aliphatic heterocycles. The topological polar surface area (TPSA) is 8.17 Å². The minimum absolute atomic E-state index is 0.0419. The van der Waals surface area contributed by atoms with E-state index in [0.29, 0.717) is 0 Å². The lowest BCUT2D eigenvalue weighted by molar-refractivity contribution is 0.331. The van der Waals surface area contributed by atoms with Gasteiger partial charge in [0.05, 0.1) is 11.0 Å². The van der Waals surface area contributed by atoms with E-state index in [9.17, 15) is 0 Å². The Labute approximate surface area is 407 Å². The average molecular weight is 913 g/mol. The highest BCUT2D eigenvalue weighted by Gasteiger charge is 2.48. The molecule has 2 aliphatic carbocycles. The quantitative estimate of drug-likeness (QED) is 0.149. The van der Waals surface area contributed by atoms with Gasteiger partial charge in [0, 0.05) is 79.2 Å². The normalized spacial score (nSPS) is 17.1. The Morgan fingerprint density at radius 1 is 0.485 bits per heavy atom. The molecule has 0 N–H and O–H groups in total. The smallest absolute Gasteiger partial charge is 0.333 e. The van der Waals surface area contributed by atoms with Crippen LogP contribution in [0.15, 0.2) is 133 Å². The highest BCUT2D eigenvalue weighted by atomic mass is 32.1. The van der Waals surface area contributed by atoms with E-state index in [1.165, 1.54) is 147 Å². The molecule has 0 spiro atoms. The molecule has 0 unspecified atom stereocenters. The van der Waals surface area contributed by atoms with E-state index in [1.807, 2.05) is 22.7 Å². The van der Waals surface area contributed by atoms with Crippen molar-refractivity contribution >= 4 is 114 Å². The average Bonchev–Trinajstić information content (AvgIpc) is 4.03. The summed E-state index contributed by atoms with van der Waals surface area (Å²) in [7, 11) is 0. The first-order valence-electron chi connectivity index (χ1n) is 24.7. The number of aromatic nitrogens is 1. The third-order valence-electron chi connectivity index (χ3n) is 17.4. The SMILES string of the molecule is CC(C)(C)c1ccc(N2B3c4cc5sc6ccccc6c5cc4-n4c5cc6sc7ccccc7c6cc5c5ccc(c3c54)-c3cc4c(cc32)C(C)(C)c2cc3c(cc2-4)C(C)(C)CCC3(C)C)cc1. The van der Waals surface area contributed by atoms with Crippen molar-refractivity contribution in [1.82, 2.24) is 4.57 Å². The Hall–Kier alpha value is -6.14. The van der Waals surface area contributed by atoms with Gasteiger partial charge >= 0.3 is 6.85 Å². The molecule has 3 aromatic heterocycles. The van der Waals surface area contributed by atoms with Gasteiger partial charge in [0.25, 0.3) is 0 Å². The zero-order chi connectivity index (χ0) is 46.1. The molecule has 0 saturated carbocycles. The molecule has 330 valence electrons. The molecule has 11 aromatic rings. The van der Waals surface area contributed by atoms with Crippen LogP contribution in [0.25, 0.3) is 90.1 Å². The Morgan fingerprint density at radius 3 is 1.79 bits per heavy atom. The number of nitrogens with zero attached hydrogens (tertiary/aromatic N) is 2. The lowest BCUT2D eigenvalue weighted by Gasteiger charge is -2.42. The molecule has 0 fully saturated rings. The Kier molecular flexibility index (Phi) is 7.46. The monoisotopic (exact) mass is 912 g/mol. The maximum absolute atomic E-state index is 2.76. The number of benzene rings is 8. The van der Waals surface area contributed by atoms with Crippen molar-refractivity contribution in [3.63, 3.8) is 0 Å². The molecule has 4 aliphatic rings. The lowest BCUT2D eigenvalue weighted by atomic mass is 9.44. The van der Waals surface area contributed by atoms with Gasteiger partial charge in [-0.2, -0.15) is 0 Å². The third kappa shape index (κ3) is 4.99. The van der Waals surface area contributed by atoms with Gasteiger partial charge in [-0.3, -0.25) is 0 Å². The zero-order valence-electron chi connectivity index (χ0n) is 40.4. The summed E-state index contributed by atoms with van der Waals surface area (Å²) in [6, 6.07) is 53.2. The molecular formula is C63H53BN2S2. The molecule has 5 heterocycles. The second kappa shape index (κ2) is 12.7. The van der Waals surface area contributed by atoms with Gasteiger partial charge < -0.3 is 9.38 Å². The van der Waals surface area contributed by atoms with Crippen molar-refractivity contribution < 1.29 is 0 Å². The van der Waals surface area contributed by atoms with Crippen LogP contribution >= 0.6 is 22.7 Å². The summed E-state index contributed by atoms with van der Waals surface area (Å²) in [5, 5.41) is 8.03. The number of anilines is 2. The van der Waals surface area contributed by atoms with Crippen molar-refractivity contribution in [2.24, 2.45) is 0 Å². The van der Waals surface area contributed by atoms with Crippen LogP contribution in [-0.2, 0) is 21.7 Å². The molecule has 0 bridgehead atoms. The van der Waals surface area contributed by atoms with Crippen LogP contribution in [0.3, 0.4) is 0 Å². The predicted molar refractivity (Wildman–Crippen MR) is 297 cm³/mol. The molecule has 2 nitrogen and oxygen atoms in total. The van der Waals surface area contributed by atoms with Gasteiger partial charge in [0.2, 0.25) is 0 Å². The van der Waals surface area contributed by atoms with Crippen molar-refractivity contribution in [2.75, 3.05) is 4.81 Å². The fraction of sp³-hybridized carbons (Fsp3) is 0.238. The highest BCUT2D eigenvalue weighted by molar-refractivity contribution is 7.26. The first-order valence-corrected chi connectivity index (χ1v) is 26.4. The lowest BCUT2D eigenvalue weighted by Crippen LogP contribution is -2.60. The van der Waals surface area contributed by atoms with Gasteiger partial charge in [-0.25, -0.2) is 0 Å². The highest BCUT2D eigenvalue weighted by Crippen LogP contribution is 2.58. The molecule has 0 atom stereocenters. The summed E-state index contributed by atoms with van der Waals surface area (Å²) in [5.41, 5.74) is 22.2. The van der Waals surface area contributed by atoms with Gasteiger partial charge in [-0.05, 0) is 151 Å². The fourth-order valence-electron chi connectivity index (χ4n) is 13.5. The van der Waals surface area contributed by atoms with Gasteiger partial charge in [0.1, 0.15) is 0 Å². The van der Waals surface area contributed by atoms with Gasteiger partial charge in [-0.15, -0.1) is 22.7 Å². The second-order valence-electron chi connectivity index (χ2n) is 23.5. The number of thiophene rings is 2. The van der Waals surface area contributed by atoms with Crippen molar-refractivity contribution in [1.29, 1.82) is 0 Å². The Bertz CT molecular complexity index is 4110. The van der Waals surface area contributed by atoms with E-state index in [4.69, 9.17) is 0 Å². The molecule has 8 aromatic carbocycles. The minimum Gasteiger partial charge on any atom is -0.376 e. The van der Waals surface area contributed by atoms with Gasteiger partial charge in [0.15, 0.2) is 0 Å². The summed E-state index contributed by atoms with van der Waals surface area (Å²) in [6.45, 7) is 21.8. The fourth-order valence-corrected chi connectivity index (χ4v) is 15.8. The molecule has 0 radical (unpaired) electrons. The van der Waals surface area contributed by atoms with Crippen LogP contribution < -0.4 is 15.7 Å². The van der Waals surface area contributed by atoms with E-state index < -0.39 is 0 Å². The largest absolute Gasteiger partial charge is 0.376 e. The zero-order valence-corrected chi connectivity index (χ0v) is 42.0. The van der Waals surface area contributed by atoms with E-state index >= 15 is 0 Å². The van der Waals surface area contributed by atoms with Crippen LogP contribution in [0.4, 0.5) is 11.4 Å². The summed E-state index contributed by atoms with van der Waals surface area (Å²) >= 11 is 3.85. The Balaban J connectivity index is 1.08. The van der Waals surface area contributed by atoms with E-state index in [1.54, 1.807) is 5.56 Å². The molecular weight excluding hydrogens is 860 g/mol. The number of rotatable bonds is 1.